The van der Waals surface area contributed by atoms with Crippen molar-refractivity contribution in [3.05, 3.63) is 28.8 Å². The van der Waals surface area contributed by atoms with Crippen molar-refractivity contribution < 1.29 is 5.11 Å². The standard InChI is InChI=1S/C16H27ClN2O/c1-4-18(5-2)10-7-11-19(6-3)16-9-8-15(17)12-14(16)13-20/h8-9,12,20H,4-7,10-11,13H2,1-3H3. The highest BCUT2D eigenvalue weighted by atomic mass is 35.5. The van der Waals surface area contributed by atoms with E-state index in [1.54, 1.807) is 0 Å². The van der Waals surface area contributed by atoms with E-state index in [9.17, 15) is 5.11 Å². The van der Waals surface area contributed by atoms with Gasteiger partial charge in [-0.05, 0) is 51.2 Å². The van der Waals surface area contributed by atoms with Crippen molar-refractivity contribution in [1.82, 2.24) is 4.90 Å². The molecule has 0 aliphatic carbocycles. The van der Waals surface area contributed by atoms with E-state index in [0.29, 0.717) is 5.02 Å². The smallest absolute Gasteiger partial charge is 0.0702 e. The van der Waals surface area contributed by atoms with Crippen molar-refractivity contribution in [2.45, 2.75) is 33.8 Å². The molecule has 1 aromatic rings. The van der Waals surface area contributed by atoms with E-state index in [2.05, 4.69) is 30.6 Å². The van der Waals surface area contributed by atoms with E-state index in [4.69, 9.17) is 11.6 Å². The average molecular weight is 299 g/mol. The van der Waals surface area contributed by atoms with Crippen LogP contribution in [0.25, 0.3) is 0 Å². The molecule has 0 radical (unpaired) electrons. The first-order valence-corrected chi connectivity index (χ1v) is 7.90. The van der Waals surface area contributed by atoms with Gasteiger partial charge in [0.05, 0.1) is 6.61 Å². The first kappa shape index (κ1) is 17.3. The van der Waals surface area contributed by atoms with Gasteiger partial charge in [-0.15, -0.1) is 0 Å². The maximum atomic E-state index is 9.48. The molecule has 114 valence electrons. The van der Waals surface area contributed by atoms with Gasteiger partial charge in [0.25, 0.3) is 0 Å². The lowest BCUT2D eigenvalue weighted by atomic mass is 10.1. The van der Waals surface area contributed by atoms with E-state index in [1.165, 1.54) is 0 Å². The second kappa shape index (κ2) is 9.22. The summed E-state index contributed by atoms with van der Waals surface area (Å²) in [5.74, 6) is 0. The van der Waals surface area contributed by atoms with Gasteiger partial charge in [-0.1, -0.05) is 25.4 Å². The molecule has 4 heteroatoms. The second-order valence-corrected chi connectivity index (χ2v) is 5.33. The van der Waals surface area contributed by atoms with Crippen LogP contribution in [0.3, 0.4) is 0 Å². The van der Waals surface area contributed by atoms with Crippen molar-refractivity contribution in [2.24, 2.45) is 0 Å². The van der Waals surface area contributed by atoms with Crippen LogP contribution >= 0.6 is 11.6 Å². The van der Waals surface area contributed by atoms with Crippen LogP contribution in [0.1, 0.15) is 32.8 Å². The quantitative estimate of drug-likeness (QED) is 0.757. The summed E-state index contributed by atoms with van der Waals surface area (Å²) in [5, 5.41) is 10.2. The molecule has 20 heavy (non-hydrogen) atoms. The minimum Gasteiger partial charge on any atom is -0.392 e. The summed E-state index contributed by atoms with van der Waals surface area (Å²) >= 11 is 5.99. The Kier molecular flexibility index (Phi) is 7.97. The van der Waals surface area contributed by atoms with Gasteiger partial charge in [-0.25, -0.2) is 0 Å². The lowest BCUT2D eigenvalue weighted by Crippen LogP contribution is -2.30. The number of hydrogen-bond acceptors (Lipinski definition) is 3. The van der Waals surface area contributed by atoms with Crippen molar-refractivity contribution in [2.75, 3.05) is 37.6 Å². The highest BCUT2D eigenvalue weighted by Crippen LogP contribution is 2.24. The average Bonchev–Trinajstić information content (AvgIpc) is 2.48. The molecule has 0 aromatic heterocycles. The molecule has 0 bridgehead atoms. The first-order valence-electron chi connectivity index (χ1n) is 7.52. The van der Waals surface area contributed by atoms with Crippen LogP contribution in [-0.4, -0.2) is 42.7 Å². The number of benzene rings is 1. The summed E-state index contributed by atoms with van der Waals surface area (Å²) in [5.41, 5.74) is 2.00. The topological polar surface area (TPSA) is 26.7 Å². The Bertz CT molecular complexity index is 394. The van der Waals surface area contributed by atoms with Crippen molar-refractivity contribution in [1.29, 1.82) is 0 Å². The van der Waals surface area contributed by atoms with E-state index in [0.717, 1.165) is 50.4 Å². The summed E-state index contributed by atoms with van der Waals surface area (Å²) < 4.78 is 0. The predicted molar refractivity (Wildman–Crippen MR) is 87.7 cm³/mol. The number of anilines is 1. The van der Waals surface area contributed by atoms with Crippen LogP contribution in [0.2, 0.25) is 5.02 Å². The fourth-order valence-electron chi connectivity index (χ4n) is 2.46. The Morgan fingerprint density at radius 3 is 2.30 bits per heavy atom. The van der Waals surface area contributed by atoms with Gasteiger partial charge in [0.1, 0.15) is 0 Å². The molecular formula is C16H27ClN2O. The maximum absolute atomic E-state index is 9.48. The maximum Gasteiger partial charge on any atom is 0.0702 e. The molecule has 1 N–H and O–H groups in total. The van der Waals surface area contributed by atoms with Gasteiger partial charge in [-0.2, -0.15) is 0 Å². The van der Waals surface area contributed by atoms with Crippen LogP contribution in [0, 0.1) is 0 Å². The number of aliphatic hydroxyl groups excluding tert-OH is 1. The zero-order valence-corrected chi connectivity index (χ0v) is 13.7. The molecule has 1 rings (SSSR count). The lowest BCUT2D eigenvalue weighted by molar-refractivity contribution is 0.281. The first-order chi connectivity index (χ1) is 9.65. The van der Waals surface area contributed by atoms with Crippen LogP contribution in [-0.2, 0) is 6.61 Å². The fraction of sp³-hybridized carbons (Fsp3) is 0.625. The monoisotopic (exact) mass is 298 g/mol. The van der Waals surface area contributed by atoms with Crippen LogP contribution in [0.15, 0.2) is 18.2 Å². The summed E-state index contributed by atoms with van der Waals surface area (Å²) in [6.45, 7) is 11.8. The van der Waals surface area contributed by atoms with E-state index in [-0.39, 0.29) is 6.61 Å². The molecule has 0 aliphatic rings. The van der Waals surface area contributed by atoms with Gasteiger partial charge in [0, 0.05) is 29.4 Å². The molecule has 0 saturated carbocycles. The number of hydrogen-bond donors (Lipinski definition) is 1. The molecule has 0 heterocycles. The Morgan fingerprint density at radius 1 is 1.05 bits per heavy atom. The Balaban J connectivity index is 2.66. The SMILES string of the molecule is CCN(CC)CCCN(CC)c1ccc(Cl)cc1CO. The van der Waals surface area contributed by atoms with Crippen LogP contribution in [0.5, 0.6) is 0 Å². The molecule has 0 amide bonds. The Labute approximate surface area is 128 Å². The zero-order valence-electron chi connectivity index (χ0n) is 12.9. The second-order valence-electron chi connectivity index (χ2n) is 4.89. The van der Waals surface area contributed by atoms with Gasteiger partial charge >= 0.3 is 0 Å². The van der Waals surface area contributed by atoms with E-state index in [1.807, 2.05) is 18.2 Å². The van der Waals surface area contributed by atoms with Gasteiger partial charge in [0.15, 0.2) is 0 Å². The highest BCUT2D eigenvalue weighted by molar-refractivity contribution is 6.30. The largest absolute Gasteiger partial charge is 0.392 e. The number of rotatable bonds is 9. The minimum atomic E-state index is 0.0302. The lowest BCUT2D eigenvalue weighted by Gasteiger charge is -2.27. The zero-order chi connectivity index (χ0) is 15.0. The van der Waals surface area contributed by atoms with Crippen molar-refractivity contribution in [3.8, 4) is 0 Å². The van der Waals surface area contributed by atoms with Crippen LogP contribution < -0.4 is 4.90 Å². The molecule has 0 spiro atoms. The molecule has 0 saturated heterocycles. The molecule has 0 aliphatic heterocycles. The highest BCUT2D eigenvalue weighted by Gasteiger charge is 2.10. The minimum absolute atomic E-state index is 0.0302. The molecule has 0 unspecified atom stereocenters. The third-order valence-electron chi connectivity index (χ3n) is 3.73. The molecule has 3 nitrogen and oxygen atoms in total. The van der Waals surface area contributed by atoms with Crippen molar-refractivity contribution >= 4 is 17.3 Å². The Hall–Kier alpha value is -0.770. The summed E-state index contributed by atoms with van der Waals surface area (Å²) in [6.07, 6.45) is 1.13. The fourth-order valence-corrected chi connectivity index (χ4v) is 2.66. The molecule has 1 aromatic carbocycles. The third kappa shape index (κ3) is 4.97. The number of aliphatic hydroxyl groups is 1. The molecular weight excluding hydrogens is 272 g/mol. The van der Waals surface area contributed by atoms with E-state index >= 15 is 0 Å². The molecule has 0 fully saturated rings. The summed E-state index contributed by atoms with van der Waals surface area (Å²) in [6, 6.07) is 5.75. The summed E-state index contributed by atoms with van der Waals surface area (Å²) in [7, 11) is 0. The van der Waals surface area contributed by atoms with Gasteiger partial charge < -0.3 is 14.9 Å². The van der Waals surface area contributed by atoms with Crippen molar-refractivity contribution in [3.63, 3.8) is 0 Å². The number of nitrogens with zero attached hydrogens (tertiary/aromatic N) is 2. The predicted octanol–water partition coefficient (Wildman–Crippen LogP) is 3.39. The third-order valence-corrected chi connectivity index (χ3v) is 3.97. The van der Waals surface area contributed by atoms with Gasteiger partial charge in [0.2, 0.25) is 0 Å². The van der Waals surface area contributed by atoms with Crippen LogP contribution in [0.4, 0.5) is 5.69 Å². The summed E-state index contributed by atoms with van der Waals surface area (Å²) in [4.78, 5) is 4.74. The van der Waals surface area contributed by atoms with E-state index < -0.39 is 0 Å². The number of halogens is 1. The Morgan fingerprint density at radius 2 is 1.75 bits per heavy atom. The molecule has 0 atom stereocenters. The van der Waals surface area contributed by atoms with Gasteiger partial charge in [-0.3, -0.25) is 0 Å². The normalized spacial score (nSPS) is 11.1.